The minimum atomic E-state index is -3.81. The van der Waals surface area contributed by atoms with Gasteiger partial charge in [-0.3, -0.25) is 9.71 Å². The number of sulfonamides is 1. The molecule has 0 atom stereocenters. The largest absolute Gasteiger partial charge is 0.417 e. The normalized spacial score (nSPS) is 11.8. The summed E-state index contributed by atoms with van der Waals surface area (Å²) >= 11 is 0. The number of aromatic amines is 1. The molecule has 6 nitrogen and oxygen atoms in total. The molecule has 2 aromatic carbocycles. The lowest BCUT2D eigenvalue weighted by atomic mass is 10.1. The minimum absolute atomic E-state index is 0.0862. The molecule has 0 saturated carbocycles. The van der Waals surface area contributed by atoms with Gasteiger partial charge in [-0.25, -0.2) is 13.2 Å². The average molecular weight is 346 g/mol. The first-order valence-corrected chi connectivity index (χ1v) is 9.05. The molecule has 0 radical (unpaired) electrons. The summed E-state index contributed by atoms with van der Waals surface area (Å²) in [5.74, 6) is -0.612. The second kappa shape index (κ2) is 5.83. The van der Waals surface area contributed by atoms with Crippen molar-refractivity contribution >= 4 is 26.8 Å². The third-order valence-corrected chi connectivity index (χ3v) is 5.47. The van der Waals surface area contributed by atoms with E-state index in [4.69, 9.17) is 4.42 Å². The Balaban J connectivity index is 2.12. The van der Waals surface area contributed by atoms with E-state index in [1.54, 1.807) is 13.0 Å². The van der Waals surface area contributed by atoms with Crippen LogP contribution in [0.5, 0.6) is 0 Å². The fourth-order valence-corrected chi connectivity index (χ4v) is 4.15. The number of rotatable bonds is 4. The first kappa shape index (κ1) is 16.3. The predicted molar refractivity (Wildman–Crippen MR) is 92.9 cm³/mol. The molecule has 7 heteroatoms. The predicted octanol–water partition coefficient (Wildman–Crippen LogP) is 3.10. The van der Waals surface area contributed by atoms with Crippen molar-refractivity contribution in [1.82, 2.24) is 4.98 Å². The summed E-state index contributed by atoms with van der Waals surface area (Å²) in [6, 6.07) is 8.62. The standard InChI is InChI=1S/C17H18N2O4S/c1-4-12-7-5-6-10(2)16(12)19-24(21,22)15-9-14-13(8-11(15)3)18-17(20)23-14/h5-9,19H,4H2,1-3H3,(H,18,20). The molecule has 0 spiro atoms. The summed E-state index contributed by atoms with van der Waals surface area (Å²) in [6.07, 6.45) is 0.713. The van der Waals surface area contributed by atoms with Crippen LogP contribution in [0.4, 0.5) is 5.69 Å². The number of benzene rings is 2. The van der Waals surface area contributed by atoms with Crippen molar-refractivity contribution in [3.63, 3.8) is 0 Å². The van der Waals surface area contributed by atoms with Crippen LogP contribution in [0.15, 0.2) is 44.4 Å². The van der Waals surface area contributed by atoms with Crippen molar-refractivity contribution < 1.29 is 12.8 Å². The number of para-hydroxylation sites is 1. The molecule has 3 aromatic rings. The fraction of sp³-hybridized carbons (Fsp3) is 0.235. The zero-order chi connectivity index (χ0) is 17.5. The Morgan fingerprint density at radius 3 is 2.62 bits per heavy atom. The first-order chi connectivity index (χ1) is 11.3. The van der Waals surface area contributed by atoms with Gasteiger partial charge in [-0.2, -0.15) is 0 Å². The molecule has 0 saturated heterocycles. The number of hydrogen-bond donors (Lipinski definition) is 2. The maximum atomic E-state index is 12.9. The van der Waals surface area contributed by atoms with Crippen LogP contribution < -0.4 is 10.5 Å². The molecule has 0 bridgehead atoms. The summed E-state index contributed by atoms with van der Waals surface area (Å²) in [5, 5.41) is 0. The summed E-state index contributed by atoms with van der Waals surface area (Å²) < 4.78 is 33.4. The number of hydrogen-bond acceptors (Lipinski definition) is 4. The highest BCUT2D eigenvalue weighted by molar-refractivity contribution is 7.92. The number of aromatic nitrogens is 1. The maximum absolute atomic E-state index is 12.9. The van der Waals surface area contributed by atoms with Gasteiger partial charge in [0.15, 0.2) is 5.58 Å². The average Bonchev–Trinajstić information content (AvgIpc) is 2.87. The van der Waals surface area contributed by atoms with Crippen LogP contribution >= 0.6 is 0 Å². The highest BCUT2D eigenvalue weighted by atomic mass is 32.2. The van der Waals surface area contributed by atoms with Gasteiger partial charge in [0.25, 0.3) is 10.0 Å². The van der Waals surface area contributed by atoms with Gasteiger partial charge < -0.3 is 4.42 Å². The molecule has 0 aliphatic heterocycles. The Bertz CT molecular complexity index is 1080. The van der Waals surface area contributed by atoms with Gasteiger partial charge in [-0.05, 0) is 43.0 Å². The van der Waals surface area contributed by atoms with Crippen LogP contribution in [0.1, 0.15) is 23.6 Å². The lowest BCUT2D eigenvalue weighted by molar-refractivity contribution is 0.554. The highest BCUT2D eigenvalue weighted by Crippen LogP contribution is 2.27. The van der Waals surface area contributed by atoms with Gasteiger partial charge in [0, 0.05) is 6.07 Å². The second-order valence-electron chi connectivity index (χ2n) is 5.70. The quantitative estimate of drug-likeness (QED) is 0.759. The lowest BCUT2D eigenvalue weighted by Gasteiger charge is -2.15. The van der Waals surface area contributed by atoms with Gasteiger partial charge in [0.2, 0.25) is 0 Å². The smallest absolute Gasteiger partial charge is 0.408 e. The van der Waals surface area contributed by atoms with Crippen LogP contribution in [0.3, 0.4) is 0 Å². The van der Waals surface area contributed by atoms with Crippen LogP contribution in [0, 0.1) is 13.8 Å². The zero-order valence-electron chi connectivity index (χ0n) is 13.6. The molecule has 24 heavy (non-hydrogen) atoms. The van der Waals surface area contributed by atoms with E-state index >= 15 is 0 Å². The molecule has 1 heterocycles. The maximum Gasteiger partial charge on any atom is 0.417 e. The van der Waals surface area contributed by atoms with Gasteiger partial charge >= 0.3 is 5.76 Å². The van der Waals surface area contributed by atoms with Gasteiger partial charge in [-0.1, -0.05) is 25.1 Å². The van der Waals surface area contributed by atoms with E-state index in [0.29, 0.717) is 23.2 Å². The van der Waals surface area contributed by atoms with Crippen molar-refractivity contribution in [1.29, 1.82) is 0 Å². The molecular formula is C17H18N2O4S. The van der Waals surface area contributed by atoms with Crippen molar-refractivity contribution in [2.45, 2.75) is 32.1 Å². The van der Waals surface area contributed by atoms with E-state index in [1.165, 1.54) is 6.07 Å². The highest BCUT2D eigenvalue weighted by Gasteiger charge is 2.21. The summed E-state index contributed by atoms with van der Waals surface area (Å²) in [5.41, 5.74) is 3.58. The van der Waals surface area contributed by atoms with Crippen molar-refractivity contribution in [2.75, 3.05) is 4.72 Å². The monoisotopic (exact) mass is 346 g/mol. The molecule has 0 amide bonds. The van der Waals surface area contributed by atoms with E-state index in [-0.39, 0.29) is 10.5 Å². The third kappa shape index (κ3) is 2.82. The second-order valence-corrected chi connectivity index (χ2v) is 7.35. The van der Waals surface area contributed by atoms with Crippen molar-refractivity contribution in [2.24, 2.45) is 0 Å². The van der Waals surface area contributed by atoms with Crippen LogP contribution in [-0.2, 0) is 16.4 Å². The summed E-state index contributed by atoms with van der Waals surface area (Å²) in [4.78, 5) is 13.9. The molecule has 1 aromatic heterocycles. The summed E-state index contributed by atoms with van der Waals surface area (Å²) in [7, 11) is -3.81. The van der Waals surface area contributed by atoms with E-state index in [2.05, 4.69) is 9.71 Å². The fourth-order valence-electron chi connectivity index (χ4n) is 2.73. The topological polar surface area (TPSA) is 92.2 Å². The van der Waals surface area contributed by atoms with Gasteiger partial charge in [0.1, 0.15) is 0 Å². The van der Waals surface area contributed by atoms with Gasteiger partial charge in [-0.15, -0.1) is 0 Å². The summed E-state index contributed by atoms with van der Waals surface area (Å²) in [6.45, 7) is 5.51. The van der Waals surface area contributed by atoms with Crippen LogP contribution in [-0.4, -0.2) is 13.4 Å². The Kier molecular flexibility index (Phi) is 3.96. The van der Waals surface area contributed by atoms with E-state index in [9.17, 15) is 13.2 Å². The number of oxazole rings is 1. The molecule has 0 unspecified atom stereocenters. The van der Waals surface area contributed by atoms with Crippen LogP contribution in [0.25, 0.3) is 11.1 Å². The van der Waals surface area contributed by atoms with E-state index in [1.807, 2.05) is 32.0 Å². The SMILES string of the molecule is CCc1cccc(C)c1NS(=O)(=O)c1cc2oc(=O)[nH]c2cc1C. The molecular weight excluding hydrogens is 328 g/mol. The van der Waals surface area contributed by atoms with Crippen molar-refractivity contribution in [3.05, 3.63) is 57.6 Å². The van der Waals surface area contributed by atoms with Gasteiger partial charge in [0.05, 0.1) is 16.1 Å². The number of fused-ring (bicyclic) bond motifs is 1. The first-order valence-electron chi connectivity index (χ1n) is 7.56. The number of aryl methyl sites for hydroxylation is 3. The van der Waals surface area contributed by atoms with E-state index < -0.39 is 15.8 Å². The Hall–Kier alpha value is -2.54. The molecule has 3 rings (SSSR count). The Morgan fingerprint density at radius 2 is 1.92 bits per heavy atom. The Morgan fingerprint density at radius 1 is 1.17 bits per heavy atom. The Labute approximate surface area is 139 Å². The van der Waals surface area contributed by atoms with Crippen LogP contribution in [0.2, 0.25) is 0 Å². The third-order valence-electron chi connectivity index (χ3n) is 3.98. The zero-order valence-corrected chi connectivity index (χ0v) is 14.5. The number of nitrogens with one attached hydrogen (secondary N) is 2. The molecule has 0 fully saturated rings. The molecule has 126 valence electrons. The lowest BCUT2D eigenvalue weighted by Crippen LogP contribution is -2.16. The van der Waals surface area contributed by atoms with Crippen molar-refractivity contribution in [3.8, 4) is 0 Å². The van der Waals surface area contributed by atoms with E-state index in [0.717, 1.165) is 11.1 Å². The number of H-pyrrole nitrogens is 1. The molecule has 0 aliphatic carbocycles. The number of anilines is 1. The molecule has 2 N–H and O–H groups in total. The molecule has 0 aliphatic rings. The minimum Gasteiger partial charge on any atom is -0.408 e.